The fraction of sp³-hybridized carbons (Fsp3) is 0.300. The second-order valence-electron chi connectivity index (χ2n) is 6.99. The van der Waals surface area contributed by atoms with E-state index in [2.05, 4.69) is 15.4 Å². The third-order valence-electron chi connectivity index (χ3n) is 4.91. The van der Waals surface area contributed by atoms with Gasteiger partial charge in [0.25, 0.3) is 5.91 Å². The molecule has 0 atom stereocenters. The zero-order chi connectivity index (χ0) is 20.0. The number of aryl methyl sites for hydroxylation is 3. The minimum atomic E-state index is -0.257. The van der Waals surface area contributed by atoms with Gasteiger partial charge in [-0.05, 0) is 44.5 Å². The molecule has 144 valence electrons. The Hall–Kier alpha value is -2.93. The highest BCUT2D eigenvalue weighted by Crippen LogP contribution is 2.32. The summed E-state index contributed by atoms with van der Waals surface area (Å²) in [5, 5.41) is 8.43. The highest BCUT2D eigenvalue weighted by molar-refractivity contribution is 6.34. The van der Waals surface area contributed by atoms with Gasteiger partial charge in [-0.2, -0.15) is 5.10 Å². The molecule has 28 heavy (non-hydrogen) atoms. The molecule has 1 aliphatic heterocycles. The maximum atomic E-state index is 13.0. The molecule has 3 heterocycles. The lowest BCUT2D eigenvalue weighted by atomic mass is 10.1. The molecular weight excluding hydrogens is 378 g/mol. The van der Waals surface area contributed by atoms with E-state index in [1.165, 1.54) is 0 Å². The smallest absolute Gasteiger partial charge is 0.256 e. The number of carbonyl (C=O) groups excluding carboxylic acids is 2. The van der Waals surface area contributed by atoms with Crippen molar-refractivity contribution >= 4 is 45.8 Å². The molecule has 2 aromatic heterocycles. The largest absolute Gasteiger partial charge is 0.322 e. The molecule has 1 N–H and O–H groups in total. The molecule has 0 saturated carbocycles. The topological polar surface area (TPSA) is 80.1 Å². The molecule has 1 aliphatic rings. The number of aromatic nitrogens is 3. The molecule has 0 aliphatic carbocycles. The Morgan fingerprint density at radius 2 is 2.04 bits per heavy atom. The van der Waals surface area contributed by atoms with Crippen molar-refractivity contribution in [2.45, 2.75) is 26.7 Å². The van der Waals surface area contributed by atoms with Crippen LogP contribution >= 0.6 is 11.6 Å². The van der Waals surface area contributed by atoms with Crippen LogP contribution in [0.15, 0.2) is 24.3 Å². The Bertz CT molecular complexity index is 1120. The van der Waals surface area contributed by atoms with E-state index in [9.17, 15) is 9.59 Å². The van der Waals surface area contributed by atoms with Crippen molar-refractivity contribution in [1.29, 1.82) is 0 Å². The van der Waals surface area contributed by atoms with Gasteiger partial charge >= 0.3 is 0 Å². The standard InChI is InChI=1S/C20H20ClN5O2/c1-11-9-14(18-12(2)24-25(3)19(18)22-11)20(28)23-13-6-7-16(15(21)10-13)26-8-4-5-17(26)27/h6-7,9-10H,4-5,8H2,1-3H3,(H,23,28). The van der Waals surface area contributed by atoms with E-state index >= 15 is 0 Å². The zero-order valence-corrected chi connectivity index (χ0v) is 16.7. The number of nitrogens with one attached hydrogen (secondary N) is 1. The summed E-state index contributed by atoms with van der Waals surface area (Å²) in [5.74, 6) is -0.187. The fourth-order valence-electron chi connectivity index (χ4n) is 3.65. The second-order valence-corrected chi connectivity index (χ2v) is 7.40. The Labute approximate surface area is 167 Å². The molecule has 1 saturated heterocycles. The van der Waals surface area contributed by atoms with Crippen molar-refractivity contribution in [2.24, 2.45) is 7.05 Å². The highest BCUT2D eigenvalue weighted by Gasteiger charge is 2.24. The summed E-state index contributed by atoms with van der Waals surface area (Å²) in [5.41, 5.74) is 3.91. The summed E-state index contributed by atoms with van der Waals surface area (Å²) in [6.45, 7) is 4.37. The molecule has 3 aromatic rings. The van der Waals surface area contributed by atoms with Gasteiger partial charge in [0, 0.05) is 31.4 Å². The monoisotopic (exact) mass is 397 g/mol. The van der Waals surface area contributed by atoms with Crippen molar-refractivity contribution in [3.05, 3.63) is 46.2 Å². The van der Waals surface area contributed by atoms with Gasteiger partial charge in [0.1, 0.15) is 0 Å². The van der Waals surface area contributed by atoms with Crippen LogP contribution in [0.5, 0.6) is 0 Å². The summed E-state index contributed by atoms with van der Waals surface area (Å²) in [6.07, 6.45) is 1.37. The van der Waals surface area contributed by atoms with E-state index in [1.807, 2.05) is 20.9 Å². The van der Waals surface area contributed by atoms with E-state index in [0.29, 0.717) is 40.6 Å². The first kappa shape index (κ1) is 18.4. The first-order valence-corrected chi connectivity index (χ1v) is 9.45. The molecule has 4 rings (SSSR count). The van der Waals surface area contributed by atoms with Crippen LogP contribution in [0.3, 0.4) is 0 Å². The quantitative estimate of drug-likeness (QED) is 0.732. The number of carbonyl (C=O) groups is 2. The highest BCUT2D eigenvalue weighted by atomic mass is 35.5. The van der Waals surface area contributed by atoms with Crippen LogP contribution in [0.1, 0.15) is 34.6 Å². The predicted octanol–water partition coefficient (Wildman–Crippen LogP) is 3.62. The normalized spacial score (nSPS) is 14.1. The van der Waals surface area contributed by atoms with E-state index < -0.39 is 0 Å². The lowest BCUT2D eigenvalue weighted by molar-refractivity contribution is -0.117. The molecule has 0 unspecified atom stereocenters. The lowest BCUT2D eigenvalue weighted by Crippen LogP contribution is -2.24. The van der Waals surface area contributed by atoms with Gasteiger partial charge < -0.3 is 10.2 Å². The Morgan fingerprint density at radius 1 is 1.25 bits per heavy atom. The summed E-state index contributed by atoms with van der Waals surface area (Å²) < 4.78 is 1.67. The molecule has 1 aromatic carbocycles. The summed E-state index contributed by atoms with van der Waals surface area (Å²) >= 11 is 6.38. The van der Waals surface area contributed by atoms with Gasteiger partial charge in [-0.3, -0.25) is 14.3 Å². The molecule has 0 radical (unpaired) electrons. The van der Waals surface area contributed by atoms with Crippen molar-refractivity contribution in [3.8, 4) is 0 Å². The van der Waals surface area contributed by atoms with Crippen LogP contribution in [0.25, 0.3) is 11.0 Å². The van der Waals surface area contributed by atoms with Crippen LogP contribution in [-0.2, 0) is 11.8 Å². The van der Waals surface area contributed by atoms with Gasteiger partial charge in [-0.15, -0.1) is 0 Å². The van der Waals surface area contributed by atoms with E-state index in [-0.39, 0.29) is 11.8 Å². The lowest BCUT2D eigenvalue weighted by Gasteiger charge is -2.18. The average molecular weight is 398 g/mol. The minimum Gasteiger partial charge on any atom is -0.322 e. The Balaban J connectivity index is 1.65. The predicted molar refractivity (Wildman–Crippen MR) is 109 cm³/mol. The third-order valence-corrected chi connectivity index (χ3v) is 5.21. The van der Waals surface area contributed by atoms with E-state index in [4.69, 9.17) is 11.6 Å². The second kappa shape index (κ2) is 6.91. The van der Waals surface area contributed by atoms with Crippen molar-refractivity contribution < 1.29 is 9.59 Å². The number of fused-ring (bicyclic) bond motifs is 1. The van der Waals surface area contributed by atoms with Crippen LogP contribution in [0.4, 0.5) is 11.4 Å². The minimum absolute atomic E-state index is 0.0698. The van der Waals surface area contributed by atoms with Crippen LogP contribution < -0.4 is 10.2 Å². The molecular formula is C20H20ClN5O2. The van der Waals surface area contributed by atoms with Gasteiger partial charge in [0.05, 0.1) is 27.4 Å². The van der Waals surface area contributed by atoms with E-state index in [1.54, 1.807) is 33.8 Å². The summed E-state index contributed by atoms with van der Waals surface area (Å²) in [6, 6.07) is 6.95. The van der Waals surface area contributed by atoms with Crippen LogP contribution in [0, 0.1) is 13.8 Å². The molecule has 0 spiro atoms. The maximum absolute atomic E-state index is 13.0. The number of hydrogen-bond acceptors (Lipinski definition) is 4. The first-order valence-electron chi connectivity index (χ1n) is 9.07. The number of amides is 2. The molecule has 8 heteroatoms. The number of nitrogens with zero attached hydrogens (tertiary/aromatic N) is 4. The fourth-order valence-corrected chi connectivity index (χ4v) is 3.94. The van der Waals surface area contributed by atoms with Crippen LogP contribution in [0.2, 0.25) is 5.02 Å². The number of halogens is 1. The Morgan fingerprint density at radius 3 is 2.71 bits per heavy atom. The summed E-state index contributed by atoms with van der Waals surface area (Å²) in [4.78, 5) is 31.1. The number of benzene rings is 1. The molecule has 1 fully saturated rings. The molecule has 7 nitrogen and oxygen atoms in total. The molecule has 0 bridgehead atoms. The molecule has 2 amide bonds. The zero-order valence-electron chi connectivity index (χ0n) is 15.9. The maximum Gasteiger partial charge on any atom is 0.256 e. The van der Waals surface area contributed by atoms with Crippen molar-refractivity contribution in [3.63, 3.8) is 0 Å². The third kappa shape index (κ3) is 3.11. The average Bonchev–Trinajstić information content (AvgIpc) is 3.18. The first-order chi connectivity index (χ1) is 13.3. The van der Waals surface area contributed by atoms with Crippen LogP contribution in [-0.4, -0.2) is 33.1 Å². The number of anilines is 2. The van der Waals surface area contributed by atoms with Crippen molar-refractivity contribution in [1.82, 2.24) is 14.8 Å². The van der Waals surface area contributed by atoms with Gasteiger partial charge in [0.2, 0.25) is 5.91 Å². The van der Waals surface area contributed by atoms with Gasteiger partial charge in [0.15, 0.2) is 5.65 Å². The number of pyridine rings is 1. The van der Waals surface area contributed by atoms with Gasteiger partial charge in [-0.1, -0.05) is 11.6 Å². The number of hydrogen-bond donors (Lipinski definition) is 1. The summed E-state index contributed by atoms with van der Waals surface area (Å²) in [7, 11) is 1.81. The van der Waals surface area contributed by atoms with Gasteiger partial charge in [-0.25, -0.2) is 4.98 Å². The Kier molecular flexibility index (Phi) is 4.55. The SMILES string of the molecule is Cc1cc(C(=O)Nc2ccc(N3CCCC3=O)c(Cl)c2)c2c(C)nn(C)c2n1. The van der Waals surface area contributed by atoms with E-state index in [0.717, 1.165) is 23.2 Å². The number of rotatable bonds is 3. The van der Waals surface area contributed by atoms with Crippen molar-refractivity contribution in [2.75, 3.05) is 16.8 Å².